The molecule has 2 heterocycles. The molecule has 20 heavy (non-hydrogen) atoms. The molecule has 1 amide bonds. The number of likely N-dealkylation sites (N-methyl/N-ethyl adjacent to an activating group) is 1. The Labute approximate surface area is 118 Å². The fraction of sp³-hybridized carbons (Fsp3) is 0.375. The average molecular weight is 269 g/mol. The van der Waals surface area contributed by atoms with Crippen LogP contribution in [0.5, 0.6) is 0 Å². The number of nitrogens with zero attached hydrogens (tertiary/aromatic N) is 2. The quantitative estimate of drug-likeness (QED) is 0.907. The van der Waals surface area contributed by atoms with Crippen LogP contribution in [0.25, 0.3) is 10.9 Å². The van der Waals surface area contributed by atoms with Crippen molar-refractivity contribution in [3.63, 3.8) is 0 Å². The van der Waals surface area contributed by atoms with Gasteiger partial charge in [0.2, 0.25) is 0 Å². The first-order chi connectivity index (χ1) is 9.79. The van der Waals surface area contributed by atoms with Gasteiger partial charge in [-0.3, -0.25) is 9.78 Å². The molecule has 2 aromatic rings. The van der Waals surface area contributed by atoms with E-state index in [4.69, 9.17) is 0 Å². The van der Waals surface area contributed by atoms with E-state index in [0.717, 1.165) is 42.4 Å². The maximum Gasteiger partial charge on any atom is 0.254 e. The second-order valence-corrected chi connectivity index (χ2v) is 5.25. The Morgan fingerprint density at radius 2 is 2.20 bits per heavy atom. The largest absolute Gasteiger partial charge is 0.337 e. The monoisotopic (exact) mass is 269 g/mol. The van der Waals surface area contributed by atoms with Crippen LogP contribution < -0.4 is 5.32 Å². The Bertz CT molecular complexity index is 621. The van der Waals surface area contributed by atoms with Crippen molar-refractivity contribution in [1.29, 1.82) is 0 Å². The molecule has 1 unspecified atom stereocenters. The number of nitrogens with one attached hydrogen (secondary N) is 1. The Kier molecular flexibility index (Phi) is 3.65. The van der Waals surface area contributed by atoms with Gasteiger partial charge < -0.3 is 10.2 Å². The van der Waals surface area contributed by atoms with Crippen LogP contribution >= 0.6 is 0 Å². The zero-order valence-electron chi connectivity index (χ0n) is 11.7. The van der Waals surface area contributed by atoms with Gasteiger partial charge in [-0.1, -0.05) is 18.2 Å². The SMILES string of the molecule is CNC1CCCN(C(=O)c2ccnc3ccccc23)C1. The Morgan fingerprint density at radius 3 is 3.05 bits per heavy atom. The van der Waals surface area contributed by atoms with Gasteiger partial charge in [-0.25, -0.2) is 0 Å². The Morgan fingerprint density at radius 1 is 1.35 bits per heavy atom. The first kappa shape index (κ1) is 13.1. The maximum absolute atomic E-state index is 12.7. The number of rotatable bonds is 2. The molecule has 0 bridgehead atoms. The molecule has 3 rings (SSSR count). The summed E-state index contributed by atoms with van der Waals surface area (Å²) in [5.74, 6) is 0.114. The maximum atomic E-state index is 12.7. The van der Waals surface area contributed by atoms with Crippen molar-refractivity contribution in [1.82, 2.24) is 15.2 Å². The van der Waals surface area contributed by atoms with Crippen LogP contribution in [0.2, 0.25) is 0 Å². The summed E-state index contributed by atoms with van der Waals surface area (Å²) < 4.78 is 0. The smallest absolute Gasteiger partial charge is 0.254 e. The van der Waals surface area contributed by atoms with Gasteiger partial charge in [-0.05, 0) is 32.0 Å². The first-order valence-corrected chi connectivity index (χ1v) is 7.10. The molecule has 1 fully saturated rings. The highest BCUT2D eigenvalue weighted by atomic mass is 16.2. The lowest BCUT2D eigenvalue weighted by molar-refractivity contribution is 0.0700. The fourth-order valence-corrected chi connectivity index (χ4v) is 2.85. The van der Waals surface area contributed by atoms with E-state index < -0.39 is 0 Å². The van der Waals surface area contributed by atoms with Gasteiger partial charge in [0.05, 0.1) is 11.1 Å². The second kappa shape index (κ2) is 5.59. The van der Waals surface area contributed by atoms with E-state index in [-0.39, 0.29) is 5.91 Å². The predicted octanol–water partition coefficient (Wildman–Crippen LogP) is 2.06. The van der Waals surface area contributed by atoms with E-state index in [1.54, 1.807) is 6.20 Å². The minimum absolute atomic E-state index is 0.114. The van der Waals surface area contributed by atoms with Gasteiger partial charge in [0.15, 0.2) is 0 Å². The summed E-state index contributed by atoms with van der Waals surface area (Å²) in [6, 6.07) is 10.0. The van der Waals surface area contributed by atoms with Crippen LogP contribution in [0, 0.1) is 0 Å². The van der Waals surface area contributed by atoms with E-state index in [9.17, 15) is 4.79 Å². The van der Waals surface area contributed by atoms with Crippen molar-refractivity contribution < 1.29 is 4.79 Å². The Hall–Kier alpha value is -1.94. The summed E-state index contributed by atoms with van der Waals surface area (Å²) in [6.45, 7) is 1.62. The van der Waals surface area contributed by atoms with Crippen molar-refractivity contribution >= 4 is 16.8 Å². The normalized spacial score (nSPS) is 19.2. The number of fused-ring (bicyclic) bond motifs is 1. The molecule has 0 aliphatic carbocycles. The zero-order chi connectivity index (χ0) is 13.9. The van der Waals surface area contributed by atoms with E-state index in [1.807, 2.05) is 42.3 Å². The van der Waals surface area contributed by atoms with Crippen LogP contribution in [-0.2, 0) is 0 Å². The predicted molar refractivity (Wildman–Crippen MR) is 79.7 cm³/mol. The molecule has 1 aromatic carbocycles. The lowest BCUT2D eigenvalue weighted by Crippen LogP contribution is -2.47. The number of carbonyl (C=O) groups is 1. The number of carbonyl (C=O) groups excluding carboxylic acids is 1. The average Bonchev–Trinajstić information content (AvgIpc) is 2.53. The van der Waals surface area contributed by atoms with Crippen molar-refractivity contribution in [2.24, 2.45) is 0 Å². The Balaban J connectivity index is 1.92. The first-order valence-electron chi connectivity index (χ1n) is 7.10. The number of piperidine rings is 1. The number of para-hydroxylation sites is 1. The van der Waals surface area contributed by atoms with Crippen LogP contribution in [0.15, 0.2) is 36.5 Å². The third kappa shape index (κ3) is 2.39. The summed E-state index contributed by atoms with van der Waals surface area (Å²) in [7, 11) is 1.96. The summed E-state index contributed by atoms with van der Waals surface area (Å²) in [5, 5.41) is 4.21. The van der Waals surface area contributed by atoms with E-state index in [1.165, 1.54) is 0 Å². The number of amides is 1. The standard InChI is InChI=1S/C16H19N3O/c1-17-12-5-4-10-19(11-12)16(20)14-8-9-18-15-7-3-2-6-13(14)15/h2-3,6-9,12,17H,4-5,10-11H2,1H3. The van der Waals surface area contributed by atoms with E-state index in [2.05, 4.69) is 10.3 Å². The zero-order valence-corrected chi connectivity index (χ0v) is 11.7. The lowest BCUT2D eigenvalue weighted by Gasteiger charge is -2.32. The molecule has 4 nitrogen and oxygen atoms in total. The summed E-state index contributed by atoms with van der Waals surface area (Å²) in [6.07, 6.45) is 3.91. The molecule has 0 radical (unpaired) electrons. The highest BCUT2D eigenvalue weighted by Gasteiger charge is 2.24. The molecule has 1 aliphatic rings. The van der Waals surface area contributed by atoms with Crippen LogP contribution in [0.1, 0.15) is 23.2 Å². The second-order valence-electron chi connectivity index (χ2n) is 5.25. The summed E-state index contributed by atoms with van der Waals surface area (Å²) >= 11 is 0. The number of benzene rings is 1. The van der Waals surface area contributed by atoms with Crippen LogP contribution in [-0.4, -0.2) is 42.0 Å². The van der Waals surface area contributed by atoms with Crippen molar-refractivity contribution in [3.8, 4) is 0 Å². The van der Waals surface area contributed by atoms with Crippen LogP contribution in [0.3, 0.4) is 0 Å². The number of hydrogen-bond acceptors (Lipinski definition) is 3. The molecule has 1 aromatic heterocycles. The van der Waals surface area contributed by atoms with Crippen molar-refractivity contribution in [2.45, 2.75) is 18.9 Å². The van der Waals surface area contributed by atoms with Crippen LogP contribution in [0.4, 0.5) is 0 Å². The molecular weight excluding hydrogens is 250 g/mol. The number of hydrogen-bond donors (Lipinski definition) is 1. The minimum Gasteiger partial charge on any atom is -0.337 e. The molecular formula is C16H19N3O. The molecule has 0 spiro atoms. The molecule has 1 N–H and O–H groups in total. The van der Waals surface area contributed by atoms with Gasteiger partial charge in [0.25, 0.3) is 5.91 Å². The highest BCUT2D eigenvalue weighted by molar-refractivity contribution is 6.06. The minimum atomic E-state index is 0.114. The van der Waals surface area contributed by atoms with E-state index >= 15 is 0 Å². The molecule has 4 heteroatoms. The number of pyridine rings is 1. The molecule has 1 aliphatic heterocycles. The van der Waals surface area contributed by atoms with E-state index in [0.29, 0.717) is 6.04 Å². The number of likely N-dealkylation sites (tertiary alicyclic amines) is 1. The number of aromatic nitrogens is 1. The molecule has 1 saturated heterocycles. The topological polar surface area (TPSA) is 45.2 Å². The van der Waals surface area contributed by atoms with Gasteiger partial charge >= 0.3 is 0 Å². The lowest BCUT2D eigenvalue weighted by atomic mass is 10.0. The van der Waals surface area contributed by atoms with Gasteiger partial charge in [0.1, 0.15) is 0 Å². The van der Waals surface area contributed by atoms with Gasteiger partial charge in [0, 0.05) is 30.7 Å². The molecule has 1 atom stereocenters. The third-order valence-electron chi connectivity index (χ3n) is 4.00. The summed E-state index contributed by atoms with van der Waals surface area (Å²) in [4.78, 5) is 19.0. The highest BCUT2D eigenvalue weighted by Crippen LogP contribution is 2.20. The fourth-order valence-electron chi connectivity index (χ4n) is 2.85. The third-order valence-corrected chi connectivity index (χ3v) is 4.00. The van der Waals surface area contributed by atoms with Gasteiger partial charge in [-0.2, -0.15) is 0 Å². The molecule has 0 saturated carbocycles. The van der Waals surface area contributed by atoms with Gasteiger partial charge in [-0.15, -0.1) is 0 Å². The molecule has 104 valence electrons. The summed E-state index contributed by atoms with van der Waals surface area (Å²) in [5.41, 5.74) is 1.63. The van der Waals surface area contributed by atoms with Crippen molar-refractivity contribution in [3.05, 3.63) is 42.1 Å². The van der Waals surface area contributed by atoms with Crippen molar-refractivity contribution in [2.75, 3.05) is 20.1 Å².